The normalized spacial score (nSPS) is 14.6. The number of rotatable bonds is 11. The number of phenolic OH excluding ortho intramolecular Hbond substituents is 1. The Morgan fingerprint density at radius 3 is 1.81 bits per heavy atom. The third-order valence-electron chi connectivity index (χ3n) is 7.05. The van der Waals surface area contributed by atoms with E-state index in [1.54, 1.807) is 44.2 Å². The van der Waals surface area contributed by atoms with Gasteiger partial charge in [-0.2, -0.15) is 26.3 Å². The van der Waals surface area contributed by atoms with Gasteiger partial charge in [0.15, 0.2) is 0 Å². The second-order valence-electron chi connectivity index (χ2n) is 10.5. The van der Waals surface area contributed by atoms with Gasteiger partial charge >= 0.3 is 18.0 Å². The lowest BCUT2D eigenvalue weighted by atomic mass is 9.90. The molecule has 2 aromatic carbocycles. The van der Waals surface area contributed by atoms with E-state index >= 15 is 0 Å². The minimum atomic E-state index is -6.50. The Labute approximate surface area is 243 Å². The van der Waals surface area contributed by atoms with Crippen LogP contribution in [0.1, 0.15) is 30.5 Å². The summed E-state index contributed by atoms with van der Waals surface area (Å²) in [5.41, 5.74) is 3.76. The number of hydrogen-bond acceptors (Lipinski definition) is 5. The van der Waals surface area contributed by atoms with Crippen LogP contribution in [0.25, 0.3) is 0 Å². The lowest BCUT2D eigenvalue weighted by Crippen LogP contribution is -2.58. The van der Waals surface area contributed by atoms with Gasteiger partial charge < -0.3 is 26.4 Å². The Kier molecular flexibility index (Phi) is 10.8. The van der Waals surface area contributed by atoms with Crippen LogP contribution in [0.5, 0.6) is 5.75 Å². The molecule has 5 N–H and O–H groups in total. The molecule has 8 nitrogen and oxygen atoms in total. The zero-order chi connectivity index (χ0) is 33.1. The molecule has 0 saturated carbocycles. The van der Waals surface area contributed by atoms with Crippen molar-refractivity contribution in [1.82, 2.24) is 9.80 Å². The molecule has 0 aliphatic heterocycles. The summed E-state index contributed by atoms with van der Waals surface area (Å²) in [5.74, 6) is -4.81. The molecule has 0 aliphatic carbocycles. The van der Waals surface area contributed by atoms with Gasteiger partial charge in [0.1, 0.15) is 17.8 Å². The highest BCUT2D eigenvalue weighted by Crippen LogP contribution is 2.55. The number of carbonyl (C=O) groups is 3. The summed E-state index contributed by atoms with van der Waals surface area (Å²) >= 11 is 0. The maximum absolute atomic E-state index is 14.7. The molecule has 0 aliphatic rings. The van der Waals surface area contributed by atoms with Crippen molar-refractivity contribution in [2.45, 2.75) is 62.8 Å². The molecular weight excluding hydrogens is 589 g/mol. The second-order valence-corrected chi connectivity index (χ2v) is 10.5. The van der Waals surface area contributed by atoms with Gasteiger partial charge in [-0.25, -0.2) is 4.39 Å². The lowest BCUT2D eigenvalue weighted by Gasteiger charge is -2.37. The average Bonchev–Trinajstić information content (AvgIpc) is 2.90. The van der Waals surface area contributed by atoms with E-state index < -0.39 is 83.1 Å². The van der Waals surface area contributed by atoms with Crippen LogP contribution in [0.3, 0.4) is 0 Å². The summed E-state index contributed by atoms with van der Waals surface area (Å²) in [7, 11) is 2.44. The number of benzene rings is 2. The molecule has 2 rings (SSSR count). The van der Waals surface area contributed by atoms with E-state index in [0.717, 1.165) is 28.5 Å². The third kappa shape index (κ3) is 7.56. The fourth-order valence-corrected chi connectivity index (χ4v) is 4.72. The summed E-state index contributed by atoms with van der Waals surface area (Å²) in [6.45, 7) is 3.20. The van der Waals surface area contributed by atoms with Gasteiger partial charge in [-0.15, -0.1) is 0 Å². The zero-order valence-corrected chi connectivity index (χ0v) is 23.7. The van der Waals surface area contributed by atoms with Crippen LogP contribution in [-0.4, -0.2) is 77.2 Å². The quantitative estimate of drug-likeness (QED) is 0.330. The fourth-order valence-electron chi connectivity index (χ4n) is 4.72. The van der Waals surface area contributed by atoms with Crippen LogP contribution in [0.2, 0.25) is 0 Å². The molecule has 0 saturated heterocycles. The van der Waals surface area contributed by atoms with Crippen LogP contribution >= 0.6 is 0 Å². The maximum Gasteiger partial charge on any atom is 0.436 e. The Balaban J connectivity index is 2.40. The smallest absolute Gasteiger partial charge is 0.436 e. The molecule has 0 fully saturated rings. The third-order valence-corrected chi connectivity index (χ3v) is 7.05. The Bertz CT molecular complexity index is 1290. The highest BCUT2D eigenvalue weighted by atomic mass is 19.4. The summed E-state index contributed by atoms with van der Waals surface area (Å²) in [6.07, 6.45) is -13.6. The number of amides is 3. The molecule has 3 atom stereocenters. The predicted octanol–water partition coefficient (Wildman–Crippen LogP) is 3.59. The van der Waals surface area contributed by atoms with Crippen molar-refractivity contribution in [3.05, 3.63) is 65.2 Å². The van der Waals surface area contributed by atoms with Crippen LogP contribution in [0, 0.1) is 5.92 Å². The molecular formula is C28H33F7N4O4. The first kappa shape index (κ1) is 35.3. The number of halogens is 7. The van der Waals surface area contributed by atoms with Crippen molar-refractivity contribution in [2.75, 3.05) is 14.1 Å². The van der Waals surface area contributed by atoms with E-state index in [0.29, 0.717) is 6.07 Å². The van der Waals surface area contributed by atoms with Gasteiger partial charge in [0.05, 0.1) is 6.04 Å². The summed E-state index contributed by atoms with van der Waals surface area (Å²) in [6, 6.07) is 6.29. The van der Waals surface area contributed by atoms with Crippen molar-refractivity contribution in [1.29, 1.82) is 0 Å². The highest BCUT2D eigenvalue weighted by molar-refractivity contribution is 5.93. The van der Waals surface area contributed by atoms with E-state index in [-0.39, 0.29) is 12.5 Å². The number of phenols is 1. The summed E-state index contributed by atoms with van der Waals surface area (Å²) < 4.78 is 94.7. The first-order valence-corrected chi connectivity index (χ1v) is 12.9. The average molecular weight is 623 g/mol. The van der Waals surface area contributed by atoms with Crippen molar-refractivity contribution in [3.8, 4) is 5.75 Å². The van der Waals surface area contributed by atoms with Gasteiger partial charge in [-0.1, -0.05) is 50.2 Å². The largest absolute Gasteiger partial charge is 0.508 e. The Morgan fingerprint density at radius 1 is 0.814 bits per heavy atom. The number of hydrogen-bond donors (Lipinski definition) is 3. The second kappa shape index (κ2) is 13.2. The fraction of sp³-hybridized carbons (Fsp3) is 0.464. The molecule has 2 aromatic rings. The molecule has 0 heterocycles. The van der Waals surface area contributed by atoms with Crippen molar-refractivity contribution >= 4 is 17.7 Å². The van der Waals surface area contributed by atoms with E-state index in [2.05, 4.69) is 0 Å². The van der Waals surface area contributed by atoms with Crippen molar-refractivity contribution in [2.24, 2.45) is 17.4 Å². The van der Waals surface area contributed by atoms with Crippen LogP contribution in [-0.2, 0) is 32.9 Å². The van der Waals surface area contributed by atoms with E-state index in [4.69, 9.17) is 11.5 Å². The van der Waals surface area contributed by atoms with E-state index in [1.165, 1.54) is 7.05 Å². The lowest BCUT2D eigenvalue weighted by molar-refractivity contribution is -0.349. The molecule has 3 amide bonds. The van der Waals surface area contributed by atoms with Crippen LogP contribution in [0.4, 0.5) is 30.7 Å². The number of nitrogens with two attached hydrogens (primary N) is 2. The molecule has 43 heavy (non-hydrogen) atoms. The molecule has 238 valence electrons. The zero-order valence-electron chi connectivity index (χ0n) is 23.7. The van der Waals surface area contributed by atoms with Gasteiger partial charge in [0.25, 0.3) is 0 Å². The number of nitrogens with zero attached hydrogens (tertiary/aromatic N) is 2. The molecule has 0 spiro atoms. The molecule has 15 heteroatoms. The van der Waals surface area contributed by atoms with Gasteiger partial charge in [0, 0.05) is 26.1 Å². The number of carbonyl (C=O) groups excluding carboxylic acids is 3. The first-order valence-electron chi connectivity index (χ1n) is 12.9. The van der Waals surface area contributed by atoms with E-state index in [1.807, 2.05) is 0 Å². The number of likely N-dealkylation sites (N-methyl/N-ethyl adjacent to an activating group) is 2. The molecule has 0 aromatic heterocycles. The van der Waals surface area contributed by atoms with Crippen LogP contribution < -0.4 is 11.5 Å². The number of aromatic hydroxyl groups is 1. The molecule has 0 bridgehead atoms. The predicted molar refractivity (Wildman–Crippen MR) is 142 cm³/mol. The first-order chi connectivity index (χ1) is 19.6. The monoisotopic (exact) mass is 622 g/mol. The molecule has 0 radical (unpaired) electrons. The number of primary amides is 1. The Morgan fingerprint density at radius 2 is 1.35 bits per heavy atom. The maximum atomic E-state index is 14.7. The van der Waals surface area contributed by atoms with E-state index in [9.17, 15) is 50.2 Å². The highest BCUT2D eigenvalue weighted by Gasteiger charge is 2.74. The Hall–Kier alpha value is -3.88. The summed E-state index contributed by atoms with van der Waals surface area (Å²) in [4.78, 5) is 41.0. The molecule has 2 unspecified atom stereocenters. The SMILES string of the molecule is CC(C)C(C(=O)N(C)C(Cc1ccc(O)c(C(F)(C(F)(F)F)C(F)(F)F)c1)C(N)=O)N(C)C(=O)[C@@H](N)Cc1ccccc1. The minimum Gasteiger partial charge on any atom is -0.508 e. The standard InChI is InChI=1S/C28H33F7N4O4/c1-15(2)22(39(4)24(42)19(36)13-16-8-6-5-7-9-16)25(43)38(3)20(23(37)41)14-17-10-11-21(40)18(12-17)26(29,27(30,31)32)28(33,34)35/h5-12,15,19-20,22,40H,13-14,36H2,1-4H3,(H2,37,41)/t19-,20?,22?/m0/s1. The van der Waals surface area contributed by atoms with Crippen molar-refractivity contribution in [3.63, 3.8) is 0 Å². The minimum absolute atomic E-state index is 0.114. The van der Waals surface area contributed by atoms with Gasteiger partial charge in [0.2, 0.25) is 17.7 Å². The van der Waals surface area contributed by atoms with Gasteiger partial charge in [-0.05, 0) is 35.6 Å². The van der Waals surface area contributed by atoms with Crippen molar-refractivity contribution < 1.29 is 50.2 Å². The topological polar surface area (TPSA) is 130 Å². The number of alkyl halides is 7. The van der Waals surface area contributed by atoms with Crippen LogP contribution in [0.15, 0.2) is 48.5 Å². The summed E-state index contributed by atoms with van der Waals surface area (Å²) in [5, 5.41) is 9.78. The van der Waals surface area contributed by atoms with Gasteiger partial charge in [-0.3, -0.25) is 14.4 Å².